The van der Waals surface area contributed by atoms with E-state index in [0.717, 1.165) is 22.7 Å². The van der Waals surface area contributed by atoms with Crippen LogP contribution in [0.4, 0.5) is 22.7 Å². The molecule has 1 fully saturated rings. The molecule has 0 aliphatic carbocycles. The quantitative estimate of drug-likeness (QED) is 0.223. The molecule has 0 spiro atoms. The summed E-state index contributed by atoms with van der Waals surface area (Å²) >= 11 is 1.39. The minimum atomic E-state index is 0.136. The van der Waals surface area contributed by atoms with Crippen molar-refractivity contribution in [2.45, 2.75) is 0 Å². The van der Waals surface area contributed by atoms with Crippen LogP contribution in [0.5, 0.6) is 5.75 Å². The first-order valence-electron chi connectivity index (χ1n) is 12.0. The summed E-state index contributed by atoms with van der Waals surface area (Å²) in [5.74, 6) is 0.792. The molecule has 0 saturated carbocycles. The summed E-state index contributed by atoms with van der Waals surface area (Å²) in [7, 11) is 3.85. The summed E-state index contributed by atoms with van der Waals surface area (Å²) < 4.78 is 0. The van der Waals surface area contributed by atoms with Crippen molar-refractivity contribution < 1.29 is 5.11 Å². The maximum atomic E-state index is 10.5. The molecule has 4 aromatic rings. The van der Waals surface area contributed by atoms with Gasteiger partial charge in [-0.25, -0.2) is 9.98 Å². The maximum absolute atomic E-state index is 10.5. The molecule has 0 bridgehead atoms. The van der Waals surface area contributed by atoms with Crippen molar-refractivity contribution >= 4 is 56.8 Å². The van der Waals surface area contributed by atoms with Crippen LogP contribution in [0.1, 0.15) is 5.56 Å². The summed E-state index contributed by atoms with van der Waals surface area (Å²) in [6.45, 7) is 0. The van der Waals surface area contributed by atoms with Crippen LogP contribution in [-0.4, -0.2) is 41.5 Å². The van der Waals surface area contributed by atoms with Gasteiger partial charge < -0.3 is 10.0 Å². The Morgan fingerprint density at radius 2 is 1.37 bits per heavy atom. The van der Waals surface area contributed by atoms with Crippen LogP contribution in [0, 0.1) is 0 Å². The molecule has 38 heavy (non-hydrogen) atoms. The van der Waals surface area contributed by atoms with E-state index in [1.807, 2.05) is 127 Å². The fraction of sp³-hybridized carbons (Fsp3) is 0.0667. The zero-order valence-electron chi connectivity index (χ0n) is 21.0. The number of nitrogens with zero attached hydrogens (tertiary/aromatic N) is 6. The molecular weight excluding hydrogens is 492 g/mol. The Bertz CT molecular complexity index is 1520. The number of benzene rings is 4. The van der Waals surface area contributed by atoms with E-state index in [-0.39, 0.29) is 5.75 Å². The number of para-hydroxylation sites is 3. The van der Waals surface area contributed by atoms with E-state index in [9.17, 15) is 5.11 Å². The van der Waals surface area contributed by atoms with E-state index in [1.54, 1.807) is 12.3 Å². The SMILES string of the molecule is CN(C)c1ccc(/C=N\N=C2\SC(=Nc3ccccc3)C(=Nc3ccccc3)N2c2ccccc2)c(O)c1. The van der Waals surface area contributed by atoms with Gasteiger partial charge in [-0.15, -0.1) is 5.10 Å². The maximum Gasteiger partial charge on any atom is 0.202 e. The second kappa shape index (κ2) is 11.6. The Morgan fingerprint density at radius 3 is 1.97 bits per heavy atom. The smallest absolute Gasteiger partial charge is 0.202 e. The van der Waals surface area contributed by atoms with E-state index < -0.39 is 0 Å². The van der Waals surface area contributed by atoms with Crippen molar-refractivity contribution in [1.82, 2.24) is 0 Å². The molecular formula is C30H26N6OS. The summed E-state index contributed by atoms with van der Waals surface area (Å²) in [5, 5.41) is 20.6. The molecule has 1 aliphatic heterocycles. The Kier molecular flexibility index (Phi) is 7.61. The highest BCUT2D eigenvalue weighted by atomic mass is 32.2. The Morgan fingerprint density at radius 1 is 0.763 bits per heavy atom. The van der Waals surface area contributed by atoms with Gasteiger partial charge in [-0.1, -0.05) is 54.6 Å². The number of aliphatic imine (C=N–C) groups is 2. The lowest BCUT2D eigenvalue weighted by Crippen LogP contribution is -2.30. The fourth-order valence-electron chi connectivity index (χ4n) is 3.71. The van der Waals surface area contributed by atoms with Gasteiger partial charge in [-0.05, 0) is 60.3 Å². The largest absolute Gasteiger partial charge is 0.507 e. The lowest BCUT2D eigenvalue weighted by Gasteiger charge is -2.17. The number of rotatable bonds is 6. The van der Waals surface area contributed by atoms with Crippen molar-refractivity contribution in [3.8, 4) is 5.75 Å². The van der Waals surface area contributed by atoms with Crippen LogP contribution >= 0.6 is 11.8 Å². The van der Waals surface area contributed by atoms with Gasteiger partial charge in [0.05, 0.1) is 17.6 Å². The molecule has 0 radical (unpaired) electrons. The normalized spacial score (nSPS) is 16.7. The van der Waals surface area contributed by atoms with Gasteiger partial charge in [0.25, 0.3) is 0 Å². The average Bonchev–Trinajstić information content (AvgIpc) is 3.27. The summed E-state index contributed by atoms with van der Waals surface area (Å²) in [5.41, 5.74) is 3.99. The van der Waals surface area contributed by atoms with Crippen LogP contribution in [-0.2, 0) is 0 Å². The summed E-state index contributed by atoms with van der Waals surface area (Å²) in [6.07, 6.45) is 1.55. The number of amidine groups is 2. The van der Waals surface area contributed by atoms with Gasteiger partial charge in [0.1, 0.15) is 10.8 Å². The topological polar surface area (TPSA) is 76.2 Å². The van der Waals surface area contributed by atoms with E-state index in [4.69, 9.17) is 9.98 Å². The molecule has 7 nitrogen and oxygen atoms in total. The highest BCUT2D eigenvalue weighted by Gasteiger charge is 2.34. The molecule has 0 atom stereocenters. The molecule has 5 rings (SSSR count). The van der Waals surface area contributed by atoms with Crippen LogP contribution in [0.15, 0.2) is 129 Å². The van der Waals surface area contributed by atoms with E-state index in [1.165, 1.54) is 11.8 Å². The third-order valence-corrected chi connectivity index (χ3v) is 6.56. The lowest BCUT2D eigenvalue weighted by molar-refractivity contribution is 0.474. The minimum absolute atomic E-state index is 0.136. The van der Waals surface area contributed by atoms with Gasteiger partial charge in [0.2, 0.25) is 5.17 Å². The minimum Gasteiger partial charge on any atom is -0.507 e. The van der Waals surface area contributed by atoms with E-state index in [2.05, 4.69) is 10.2 Å². The monoisotopic (exact) mass is 518 g/mol. The van der Waals surface area contributed by atoms with Crippen molar-refractivity contribution in [2.75, 3.05) is 23.9 Å². The van der Waals surface area contributed by atoms with Gasteiger partial charge in [-0.3, -0.25) is 4.90 Å². The summed E-state index contributed by atoms with van der Waals surface area (Å²) in [6, 6.07) is 34.9. The highest BCUT2D eigenvalue weighted by molar-refractivity contribution is 8.29. The molecule has 0 amide bonds. The van der Waals surface area contributed by atoms with Crippen molar-refractivity contribution in [2.24, 2.45) is 20.2 Å². The highest BCUT2D eigenvalue weighted by Crippen LogP contribution is 2.33. The average molecular weight is 519 g/mol. The van der Waals surface area contributed by atoms with E-state index in [0.29, 0.717) is 21.6 Å². The number of phenols is 1. The molecule has 1 heterocycles. The van der Waals surface area contributed by atoms with Crippen LogP contribution in [0.3, 0.4) is 0 Å². The Labute approximate surface area is 226 Å². The lowest BCUT2D eigenvalue weighted by atomic mass is 10.2. The van der Waals surface area contributed by atoms with Crippen molar-refractivity contribution in [1.29, 1.82) is 0 Å². The number of hydrogen-bond donors (Lipinski definition) is 1. The standard InChI is InChI=1S/C30H26N6OS/c1-35(2)26-19-18-22(27(37)20-26)21-31-34-30-36(25-16-10-5-11-17-25)28(32-23-12-6-3-7-13-23)29(38-30)33-24-14-8-4-9-15-24/h3-21,37H,1-2H3/b31-21-,32-28?,33-29?,34-30+. The molecule has 0 unspecified atom stereocenters. The first-order valence-corrected chi connectivity index (χ1v) is 12.8. The number of thioether (sulfide) groups is 1. The van der Waals surface area contributed by atoms with Gasteiger partial charge in [-0.2, -0.15) is 5.10 Å². The molecule has 1 N–H and O–H groups in total. The van der Waals surface area contributed by atoms with Gasteiger partial charge in [0, 0.05) is 37.1 Å². The molecule has 0 aromatic heterocycles. The Balaban J connectivity index is 1.58. The van der Waals surface area contributed by atoms with Gasteiger partial charge in [0.15, 0.2) is 5.84 Å². The second-order valence-corrected chi connectivity index (χ2v) is 9.52. The van der Waals surface area contributed by atoms with Gasteiger partial charge >= 0.3 is 0 Å². The van der Waals surface area contributed by atoms with Crippen LogP contribution in [0.2, 0.25) is 0 Å². The number of phenolic OH excluding ortho intramolecular Hbond substituents is 1. The zero-order valence-corrected chi connectivity index (χ0v) is 21.8. The predicted octanol–water partition coefficient (Wildman–Crippen LogP) is 6.86. The molecule has 188 valence electrons. The fourth-order valence-corrected chi connectivity index (χ4v) is 4.64. The zero-order chi connectivity index (χ0) is 26.3. The number of aromatic hydroxyl groups is 1. The van der Waals surface area contributed by atoms with Crippen LogP contribution < -0.4 is 9.80 Å². The first kappa shape index (κ1) is 25.0. The van der Waals surface area contributed by atoms with E-state index >= 15 is 0 Å². The third-order valence-electron chi connectivity index (χ3n) is 5.65. The summed E-state index contributed by atoms with van der Waals surface area (Å²) in [4.78, 5) is 13.7. The Hall–Kier alpha value is -4.69. The second-order valence-electron chi connectivity index (χ2n) is 8.56. The number of hydrogen-bond acceptors (Lipinski definition) is 7. The first-order chi connectivity index (χ1) is 18.6. The molecule has 1 aliphatic rings. The predicted molar refractivity (Wildman–Crippen MR) is 161 cm³/mol. The van der Waals surface area contributed by atoms with Crippen LogP contribution in [0.25, 0.3) is 0 Å². The van der Waals surface area contributed by atoms with Crippen molar-refractivity contribution in [3.63, 3.8) is 0 Å². The third kappa shape index (κ3) is 5.82. The van der Waals surface area contributed by atoms with Crippen molar-refractivity contribution in [3.05, 3.63) is 115 Å². The molecule has 1 saturated heterocycles. The molecule has 4 aromatic carbocycles. The molecule has 8 heteroatoms. The number of anilines is 2.